The molecule has 5 heteroatoms. The largest absolute Gasteiger partial charge is 0.497 e. The van der Waals surface area contributed by atoms with Gasteiger partial charge in [0.05, 0.1) is 7.11 Å². The minimum absolute atomic E-state index is 0.474. The highest BCUT2D eigenvalue weighted by atomic mass is 16.7. The number of benzene rings is 1. The van der Waals surface area contributed by atoms with Crippen LogP contribution in [0.25, 0.3) is 11.3 Å². The van der Waals surface area contributed by atoms with Crippen molar-refractivity contribution in [2.75, 3.05) is 7.11 Å². The number of carbonyl (C=O) groups is 1. The van der Waals surface area contributed by atoms with E-state index < -0.39 is 5.97 Å². The molecule has 98 valence electrons. The van der Waals surface area contributed by atoms with E-state index in [0.717, 1.165) is 11.3 Å². The van der Waals surface area contributed by atoms with E-state index in [1.54, 1.807) is 13.2 Å². The number of oxime groups is 1. The van der Waals surface area contributed by atoms with Crippen molar-refractivity contribution in [2.45, 2.75) is 6.92 Å². The van der Waals surface area contributed by atoms with Crippen molar-refractivity contribution >= 4 is 12.2 Å². The Kier molecular flexibility index (Phi) is 3.97. The van der Waals surface area contributed by atoms with Crippen LogP contribution >= 0.6 is 0 Å². The standard InChI is InChI=1S/C14H13NO4/c1-10(16)19-15-9-13-7-8-14(18-13)11-3-5-12(17-2)6-4-11/h3-9H,1-2H3/b15-9+. The van der Waals surface area contributed by atoms with Crippen molar-refractivity contribution < 1.29 is 18.8 Å². The van der Waals surface area contributed by atoms with Crippen LogP contribution in [0.3, 0.4) is 0 Å². The molecule has 0 saturated carbocycles. The number of carbonyl (C=O) groups excluding carboxylic acids is 1. The summed E-state index contributed by atoms with van der Waals surface area (Å²) in [5.74, 6) is 1.52. The third-order valence-electron chi connectivity index (χ3n) is 2.36. The molecule has 0 N–H and O–H groups in total. The number of hydrogen-bond donors (Lipinski definition) is 0. The normalized spacial score (nSPS) is 10.6. The smallest absolute Gasteiger partial charge is 0.331 e. The molecule has 0 unspecified atom stereocenters. The van der Waals surface area contributed by atoms with Crippen LogP contribution in [0.2, 0.25) is 0 Å². The Morgan fingerprint density at radius 1 is 1.21 bits per heavy atom. The van der Waals surface area contributed by atoms with Gasteiger partial charge in [-0.15, -0.1) is 0 Å². The maximum Gasteiger partial charge on any atom is 0.331 e. The lowest BCUT2D eigenvalue weighted by Gasteiger charge is -2.00. The summed E-state index contributed by atoms with van der Waals surface area (Å²) in [5.41, 5.74) is 0.924. The fraction of sp³-hybridized carbons (Fsp3) is 0.143. The number of rotatable bonds is 4. The zero-order valence-electron chi connectivity index (χ0n) is 10.6. The number of nitrogens with zero attached hydrogens (tertiary/aromatic N) is 1. The molecular formula is C14H13NO4. The van der Waals surface area contributed by atoms with E-state index in [2.05, 4.69) is 9.99 Å². The Hall–Kier alpha value is -2.56. The molecule has 5 nitrogen and oxygen atoms in total. The molecule has 0 aliphatic carbocycles. The van der Waals surface area contributed by atoms with Crippen LogP contribution in [0.4, 0.5) is 0 Å². The van der Waals surface area contributed by atoms with Gasteiger partial charge in [0.2, 0.25) is 0 Å². The molecule has 0 aliphatic rings. The van der Waals surface area contributed by atoms with Gasteiger partial charge in [-0.3, -0.25) is 0 Å². The van der Waals surface area contributed by atoms with Crippen molar-refractivity contribution in [1.29, 1.82) is 0 Å². The van der Waals surface area contributed by atoms with Gasteiger partial charge in [-0.25, -0.2) is 4.79 Å². The van der Waals surface area contributed by atoms with Gasteiger partial charge in [-0.2, -0.15) is 0 Å². The van der Waals surface area contributed by atoms with E-state index in [-0.39, 0.29) is 0 Å². The van der Waals surface area contributed by atoms with Gasteiger partial charge in [0.25, 0.3) is 0 Å². The van der Waals surface area contributed by atoms with E-state index >= 15 is 0 Å². The summed E-state index contributed by atoms with van der Waals surface area (Å²) >= 11 is 0. The van der Waals surface area contributed by atoms with Crippen LogP contribution in [0, 0.1) is 0 Å². The minimum Gasteiger partial charge on any atom is -0.497 e. The molecule has 2 aromatic rings. The van der Waals surface area contributed by atoms with E-state index in [9.17, 15) is 4.79 Å². The van der Waals surface area contributed by atoms with Gasteiger partial charge >= 0.3 is 5.97 Å². The van der Waals surface area contributed by atoms with Crippen LogP contribution in [0.5, 0.6) is 5.75 Å². The third kappa shape index (κ3) is 3.45. The molecule has 1 aromatic heterocycles. The molecule has 1 aromatic carbocycles. The number of methoxy groups -OCH3 is 1. The SMILES string of the molecule is COc1ccc(-c2ccc(/C=N/OC(C)=O)o2)cc1. The minimum atomic E-state index is -0.474. The van der Waals surface area contributed by atoms with E-state index in [4.69, 9.17) is 9.15 Å². The first-order chi connectivity index (χ1) is 9.19. The fourth-order valence-corrected chi connectivity index (χ4v) is 1.49. The Labute approximate surface area is 110 Å². The first-order valence-corrected chi connectivity index (χ1v) is 5.64. The van der Waals surface area contributed by atoms with E-state index in [1.807, 2.05) is 30.3 Å². The Morgan fingerprint density at radius 2 is 1.95 bits per heavy atom. The van der Waals surface area contributed by atoms with E-state index in [0.29, 0.717) is 11.5 Å². The van der Waals surface area contributed by atoms with Crippen LogP contribution in [0.15, 0.2) is 46.0 Å². The monoisotopic (exact) mass is 259 g/mol. The van der Waals surface area contributed by atoms with Gasteiger partial charge in [0.1, 0.15) is 23.5 Å². The lowest BCUT2D eigenvalue weighted by molar-refractivity contribution is -0.140. The predicted molar refractivity (Wildman–Crippen MR) is 70.1 cm³/mol. The molecule has 0 fully saturated rings. The fourth-order valence-electron chi connectivity index (χ4n) is 1.49. The van der Waals surface area contributed by atoms with Crippen molar-refractivity contribution in [1.82, 2.24) is 0 Å². The summed E-state index contributed by atoms with van der Waals surface area (Å²) in [4.78, 5) is 15.0. The van der Waals surface area contributed by atoms with Gasteiger partial charge in [-0.05, 0) is 36.4 Å². The molecule has 2 rings (SSSR count). The highest BCUT2D eigenvalue weighted by molar-refractivity contribution is 5.78. The summed E-state index contributed by atoms with van der Waals surface area (Å²) in [6.07, 6.45) is 1.34. The van der Waals surface area contributed by atoms with Gasteiger partial charge in [-0.1, -0.05) is 5.16 Å². The quantitative estimate of drug-likeness (QED) is 0.481. The van der Waals surface area contributed by atoms with Crippen LogP contribution in [-0.4, -0.2) is 19.3 Å². The second kappa shape index (κ2) is 5.86. The molecule has 0 spiro atoms. The molecule has 0 aliphatic heterocycles. The highest BCUT2D eigenvalue weighted by Crippen LogP contribution is 2.23. The molecule has 0 amide bonds. The zero-order chi connectivity index (χ0) is 13.7. The molecule has 19 heavy (non-hydrogen) atoms. The molecule has 0 saturated heterocycles. The molecule has 0 bridgehead atoms. The molecule has 0 atom stereocenters. The van der Waals surface area contributed by atoms with Crippen LogP contribution in [-0.2, 0) is 9.63 Å². The maximum absolute atomic E-state index is 10.5. The lowest BCUT2D eigenvalue weighted by Crippen LogP contribution is -1.90. The summed E-state index contributed by atoms with van der Waals surface area (Å²) in [5, 5.41) is 3.49. The van der Waals surface area contributed by atoms with Gasteiger partial charge in [0.15, 0.2) is 0 Å². The number of furan rings is 1. The Morgan fingerprint density at radius 3 is 2.58 bits per heavy atom. The summed E-state index contributed by atoms with van der Waals surface area (Å²) in [6, 6.07) is 11.0. The van der Waals surface area contributed by atoms with Crippen molar-refractivity contribution in [3.05, 3.63) is 42.2 Å². The highest BCUT2D eigenvalue weighted by Gasteiger charge is 2.03. The number of hydrogen-bond acceptors (Lipinski definition) is 5. The van der Waals surface area contributed by atoms with E-state index in [1.165, 1.54) is 13.1 Å². The Bertz CT molecular complexity index is 584. The van der Waals surface area contributed by atoms with Crippen molar-refractivity contribution in [3.8, 4) is 17.1 Å². The first-order valence-electron chi connectivity index (χ1n) is 5.64. The van der Waals surface area contributed by atoms with Gasteiger partial charge in [0, 0.05) is 12.5 Å². The molecule has 0 radical (unpaired) electrons. The molecular weight excluding hydrogens is 246 g/mol. The lowest BCUT2D eigenvalue weighted by atomic mass is 10.2. The average Bonchev–Trinajstić information content (AvgIpc) is 2.87. The second-order valence-corrected chi connectivity index (χ2v) is 3.75. The zero-order valence-corrected chi connectivity index (χ0v) is 10.6. The first kappa shape index (κ1) is 12.9. The third-order valence-corrected chi connectivity index (χ3v) is 2.36. The predicted octanol–water partition coefficient (Wildman–Crippen LogP) is 2.85. The summed E-state index contributed by atoms with van der Waals surface area (Å²) in [6.45, 7) is 1.28. The molecule has 1 heterocycles. The Balaban J connectivity index is 2.11. The maximum atomic E-state index is 10.5. The van der Waals surface area contributed by atoms with Gasteiger partial charge < -0.3 is 14.0 Å². The van der Waals surface area contributed by atoms with Crippen LogP contribution in [0.1, 0.15) is 12.7 Å². The average molecular weight is 259 g/mol. The summed E-state index contributed by atoms with van der Waals surface area (Å²) < 4.78 is 10.6. The topological polar surface area (TPSA) is 61.0 Å². The summed E-state index contributed by atoms with van der Waals surface area (Å²) in [7, 11) is 1.62. The number of ether oxygens (including phenoxy) is 1. The van der Waals surface area contributed by atoms with Crippen molar-refractivity contribution in [3.63, 3.8) is 0 Å². The second-order valence-electron chi connectivity index (χ2n) is 3.75. The van der Waals surface area contributed by atoms with Crippen molar-refractivity contribution in [2.24, 2.45) is 5.16 Å². The van der Waals surface area contributed by atoms with Crippen LogP contribution < -0.4 is 4.74 Å².